The molecule has 10 nitrogen and oxygen atoms in total. The number of hydrogen-bond donors (Lipinski definition) is 1. The molecule has 6 atom stereocenters. The van der Waals surface area contributed by atoms with Gasteiger partial charge in [-0.05, 0) is 127 Å². The van der Waals surface area contributed by atoms with Crippen LogP contribution in [-0.4, -0.2) is 63.7 Å². The molecule has 4 aliphatic rings. The average molecular weight is 866 g/mol. The van der Waals surface area contributed by atoms with Crippen molar-refractivity contribution in [2.75, 3.05) is 39.6 Å². The van der Waals surface area contributed by atoms with E-state index in [1.165, 1.54) is 55.2 Å². The molecule has 3 aromatic rings. The SMILES string of the molecule is C[C@H]1[C@H]2CCCCC[C@]1(C)c1cc(OC(=O)CCCOCCOCCOCCCC(=O)Oc3ccc4c(c3)[C@@]3(C)CCCCC[C@@H](C4)[C@@H]3NC(=O)OCc3ccccc3)ccc1C2. The minimum absolute atomic E-state index is 0.0796. The molecule has 0 heterocycles. The van der Waals surface area contributed by atoms with Crippen LogP contribution < -0.4 is 14.8 Å². The fraction of sp³-hybridized carbons (Fsp3) is 0.604. The largest absolute Gasteiger partial charge is 0.445 e. The van der Waals surface area contributed by atoms with E-state index in [0.717, 1.165) is 55.6 Å². The zero-order valence-corrected chi connectivity index (χ0v) is 38.1. The van der Waals surface area contributed by atoms with Gasteiger partial charge in [-0.2, -0.15) is 0 Å². The van der Waals surface area contributed by atoms with E-state index >= 15 is 0 Å². The Morgan fingerprint density at radius 1 is 0.619 bits per heavy atom. The number of fused-ring (bicyclic) bond motifs is 8. The molecule has 1 N–H and O–H groups in total. The van der Waals surface area contributed by atoms with Gasteiger partial charge in [0.15, 0.2) is 0 Å². The highest BCUT2D eigenvalue weighted by molar-refractivity contribution is 5.73. The van der Waals surface area contributed by atoms with Gasteiger partial charge < -0.3 is 33.7 Å². The van der Waals surface area contributed by atoms with Gasteiger partial charge in [-0.25, -0.2) is 4.79 Å². The van der Waals surface area contributed by atoms with E-state index in [-0.39, 0.29) is 41.8 Å². The quantitative estimate of drug-likeness (QED) is 0.0714. The summed E-state index contributed by atoms with van der Waals surface area (Å²) in [4.78, 5) is 38.7. The molecule has 63 heavy (non-hydrogen) atoms. The van der Waals surface area contributed by atoms with Crippen molar-refractivity contribution in [1.29, 1.82) is 0 Å². The Morgan fingerprint density at radius 3 is 1.75 bits per heavy atom. The van der Waals surface area contributed by atoms with Crippen molar-refractivity contribution < 1.29 is 42.8 Å². The third-order valence-corrected chi connectivity index (χ3v) is 14.8. The van der Waals surface area contributed by atoms with E-state index in [1.807, 2.05) is 48.5 Å². The van der Waals surface area contributed by atoms with Crippen molar-refractivity contribution in [3.8, 4) is 11.5 Å². The number of nitrogens with one attached hydrogen (secondary N) is 1. The Kier molecular flexibility index (Phi) is 16.8. The van der Waals surface area contributed by atoms with E-state index in [0.29, 0.717) is 82.2 Å². The first-order valence-corrected chi connectivity index (χ1v) is 24.0. The van der Waals surface area contributed by atoms with E-state index in [1.54, 1.807) is 0 Å². The summed E-state index contributed by atoms with van der Waals surface area (Å²) in [5, 5.41) is 3.28. The fourth-order valence-electron chi connectivity index (χ4n) is 11.1. The molecule has 1 amide bonds. The lowest BCUT2D eigenvalue weighted by Gasteiger charge is -2.49. The highest BCUT2D eigenvalue weighted by Crippen LogP contribution is 2.51. The third kappa shape index (κ3) is 12.3. The van der Waals surface area contributed by atoms with E-state index < -0.39 is 6.09 Å². The molecule has 3 aromatic carbocycles. The first-order chi connectivity index (χ1) is 30.6. The molecular weight excluding hydrogens is 795 g/mol. The number of esters is 2. The first-order valence-electron chi connectivity index (χ1n) is 24.0. The summed E-state index contributed by atoms with van der Waals surface area (Å²) in [6, 6.07) is 22.0. The summed E-state index contributed by atoms with van der Waals surface area (Å²) in [5.74, 6) is 2.34. The van der Waals surface area contributed by atoms with Crippen molar-refractivity contribution in [3.05, 3.63) is 94.5 Å². The molecule has 342 valence electrons. The van der Waals surface area contributed by atoms with Crippen molar-refractivity contribution in [2.24, 2.45) is 17.8 Å². The summed E-state index contributed by atoms with van der Waals surface area (Å²) in [5.41, 5.74) is 5.98. The Balaban J connectivity index is 0.743. The fourth-order valence-corrected chi connectivity index (χ4v) is 11.1. The van der Waals surface area contributed by atoms with Crippen LogP contribution in [0.25, 0.3) is 0 Å². The molecule has 4 bridgehead atoms. The number of carbonyl (C=O) groups is 3. The molecule has 0 saturated heterocycles. The molecule has 2 fully saturated rings. The lowest BCUT2D eigenvalue weighted by atomic mass is 9.57. The van der Waals surface area contributed by atoms with Crippen molar-refractivity contribution in [3.63, 3.8) is 0 Å². The summed E-state index contributed by atoms with van der Waals surface area (Å²) in [7, 11) is 0. The van der Waals surface area contributed by atoms with Gasteiger partial charge in [-0.1, -0.05) is 102 Å². The van der Waals surface area contributed by atoms with E-state index in [2.05, 4.69) is 44.3 Å². The standard InChI is InChI=1S/C53H71NO9/c1-38-40-17-9-5-11-25-52(38,2)46-35-44(23-21-41(46)33-40)62-48(55)19-13-27-58-29-31-60-32-30-59-28-14-20-49(56)63-45-24-22-42-34-43-18-10-6-12-26-53(3,47(42)36-45)50(43)54-51(57)61-37-39-15-7-4-8-16-39/h4,7-8,15-16,21-24,35-36,38,40,43,50H,5-6,9-14,17-20,25-34,37H2,1-3H3,(H,54,57)/t38-,40-,43-,50-,52-,53+/m0/s1. The van der Waals surface area contributed by atoms with Gasteiger partial charge in [0.25, 0.3) is 0 Å². The Morgan fingerprint density at radius 2 is 1.14 bits per heavy atom. The van der Waals surface area contributed by atoms with Crippen LogP contribution in [0.4, 0.5) is 4.79 Å². The van der Waals surface area contributed by atoms with Crippen LogP contribution in [0.5, 0.6) is 11.5 Å². The van der Waals surface area contributed by atoms with Crippen molar-refractivity contribution in [1.82, 2.24) is 5.32 Å². The molecule has 2 saturated carbocycles. The number of amides is 1. The number of alkyl carbamates (subject to hydrolysis) is 1. The van der Waals surface area contributed by atoms with Gasteiger partial charge in [0, 0.05) is 37.5 Å². The number of carbonyl (C=O) groups excluding carboxylic acids is 3. The van der Waals surface area contributed by atoms with Gasteiger partial charge in [-0.3, -0.25) is 9.59 Å². The molecule has 0 aromatic heterocycles. The monoisotopic (exact) mass is 866 g/mol. The normalized spacial score (nSPS) is 25.2. The predicted molar refractivity (Wildman–Crippen MR) is 243 cm³/mol. The van der Waals surface area contributed by atoms with Gasteiger partial charge in [-0.15, -0.1) is 0 Å². The van der Waals surface area contributed by atoms with Crippen LogP contribution in [0.2, 0.25) is 0 Å². The predicted octanol–water partition coefficient (Wildman–Crippen LogP) is 10.5. The molecule has 10 heteroatoms. The summed E-state index contributed by atoms with van der Waals surface area (Å²) in [6.07, 6.45) is 15.0. The zero-order chi connectivity index (χ0) is 44.1. The van der Waals surface area contributed by atoms with Crippen LogP contribution in [0, 0.1) is 17.8 Å². The molecule has 0 spiro atoms. The molecule has 4 aliphatic carbocycles. The highest BCUT2D eigenvalue weighted by atomic mass is 16.6. The lowest BCUT2D eigenvalue weighted by Crippen LogP contribution is -2.57. The van der Waals surface area contributed by atoms with E-state index in [4.69, 9.17) is 28.4 Å². The minimum Gasteiger partial charge on any atom is -0.445 e. The number of hydrogen-bond acceptors (Lipinski definition) is 9. The first kappa shape index (κ1) is 46.7. The Labute approximate surface area is 375 Å². The highest BCUT2D eigenvalue weighted by Gasteiger charge is 2.47. The Bertz CT molecular complexity index is 1970. The van der Waals surface area contributed by atoms with Crippen molar-refractivity contribution >= 4 is 18.0 Å². The van der Waals surface area contributed by atoms with Gasteiger partial charge in [0.2, 0.25) is 0 Å². The number of rotatable bonds is 19. The molecule has 0 radical (unpaired) electrons. The van der Waals surface area contributed by atoms with Gasteiger partial charge in [0.05, 0.1) is 26.4 Å². The summed E-state index contributed by atoms with van der Waals surface area (Å²) in [6.45, 7) is 9.91. The lowest BCUT2D eigenvalue weighted by molar-refractivity contribution is -0.135. The average Bonchev–Trinajstić information content (AvgIpc) is 3.27. The van der Waals surface area contributed by atoms with Crippen LogP contribution in [0.3, 0.4) is 0 Å². The number of ether oxygens (including phenoxy) is 6. The maximum Gasteiger partial charge on any atom is 0.407 e. The third-order valence-electron chi connectivity index (χ3n) is 14.8. The molecule has 0 unspecified atom stereocenters. The van der Waals surface area contributed by atoms with Crippen LogP contribution in [-0.2, 0) is 58.8 Å². The zero-order valence-electron chi connectivity index (χ0n) is 38.1. The van der Waals surface area contributed by atoms with Gasteiger partial charge >= 0.3 is 18.0 Å². The summed E-state index contributed by atoms with van der Waals surface area (Å²) >= 11 is 0. The Hall–Kier alpha value is -4.25. The number of benzene rings is 3. The van der Waals surface area contributed by atoms with Crippen molar-refractivity contribution in [2.45, 2.75) is 147 Å². The van der Waals surface area contributed by atoms with Crippen LogP contribution >= 0.6 is 0 Å². The van der Waals surface area contributed by atoms with E-state index in [9.17, 15) is 14.4 Å². The van der Waals surface area contributed by atoms with Crippen LogP contribution in [0.15, 0.2) is 66.7 Å². The maximum absolute atomic E-state index is 13.1. The second kappa shape index (κ2) is 22.6. The molecular formula is C53H71NO9. The topological polar surface area (TPSA) is 119 Å². The smallest absolute Gasteiger partial charge is 0.407 e. The second-order valence-corrected chi connectivity index (χ2v) is 19.1. The second-order valence-electron chi connectivity index (χ2n) is 19.1. The molecule has 0 aliphatic heterocycles. The van der Waals surface area contributed by atoms with Gasteiger partial charge in [0.1, 0.15) is 18.1 Å². The minimum atomic E-state index is -0.394. The van der Waals surface area contributed by atoms with Crippen LogP contribution in [0.1, 0.15) is 138 Å². The maximum atomic E-state index is 13.1. The molecule has 7 rings (SSSR count). The summed E-state index contributed by atoms with van der Waals surface area (Å²) < 4.78 is 34.3.